The number of hydrogen-bond donors (Lipinski definition) is 0. The van der Waals surface area contributed by atoms with Gasteiger partial charge in [-0.3, -0.25) is 4.79 Å². The quantitative estimate of drug-likeness (QED) is 0.834. The lowest BCUT2D eigenvalue weighted by atomic mass is 9.97. The van der Waals surface area contributed by atoms with Gasteiger partial charge in [0.25, 0.3) is 11.8 Å². The molecule has 1 aromatic carbocycles. The van der Waals surface area contributed by atoms with Crippen LogP contribution in [0.15, 0.2) is 24.3 Å². The number of hydrogen-bond acceptors (Lipinski definition) is 2. The molecule has 1 heterocycles. The summed E-state index contributed by atoms with van der Waals surface area (Å²) in [5, 5.41) is 0. The number of piperidine rings is 1. The van der Waals surface area contributed by atoms with Gasteiger partial charge < -0.3 is 9.64 Å². The van der Waals surface area contributed by atoms with Crippen molar-refractivity contribution in [1.29, 1.82) is 0 Å². The van der Waals surface area contributed by atoms with Crippen LogP contribution in [0.3, 0.4) is 0 Å². The highest BCUT2D eigenvalue weighted by Gasteiger charge is 2.78. The lowest BCUT2D eigenvalue weighted by Crippen LogP contribution is -2.38. The van der Waals surface area contributed by atoms with E-state index in [2.05, 4.69) is 0 Å². The molecule has 1 amide bonds. The lowest BCUT2D eigenvalue weighted by Gasteiger charge is -2.28. The number of amides is 1. The van der Waals surface area contributed by atoms with E-state index in [1.54, 1.807) is 31.2 Å². The fourth-order valence-electron chi connectivity index (χ4n) is 3.13. The molecule has 2 atom stereocenters. The number of fused-ring (bicyclic) bond motifs is 1. The van der Waals surface area contributed by atoms with E-state index < -0.39 is 17.3 Å². The van der Waals surface area contributed by atoms with Crippen molar-refractivity contribution in [3.8, 4) is 5.75 Å². The van der Waals surface area contributed by atoms with Gasteiger partial charge in [-0.15, -0.1) is 0 Å². The Labute approximate surface area is 116 Å². The third-order valence-electron chi connectivity index (χ3n) is 4.79. The van der Waals surface area contributed by atoms with Crippen LogP contribution in [-0.4, -0.2) is 36.9 Å². The Bertz CT molecular complexity index is 561. The molecule has 0 radical (unpaired) electrons. The SMILES string of the molecule is COc1cccc(C(=O)N2CC[C@]3(C)[C@@H](C2)C3(F)F)c1. The monoisotopic (exact) mass is 281 g/mol. The van der Waals surface area contributed by atoms with Gasteiger partial charge in [0.05, 0.1) is 13.0 Å². The van der Waals surface area contributed by atoms with Crippen molar-refractivity contribution in [3.63, 3.8) is 0 Å². The summed E-state index contributed by atoms with van der Waals surface area (Å²) in [7, 11) is 1.53. The van der Waals surface area contributed by atoms with Crippen molar-refractivity contribution < 1.29 is 18.3 Å². The van der Waals surface area contributed by atoms with Crippen molar-refractivity contribution in [2.75, 3.05) is 20.2 Å². The van der Waals surface area contributed by atoms with Crippen molar-refractivity contribution in [2.45, 2.75) is 19.3 Å². The lowest BCUT2D eigenvalue weighted by molar-refractivity contribution is 0.0635. The number of rotatable bonds is 2. The van der Waals surface area contributed by atoms with Crippen LogP contribution in [0.2, 0.25) is 0 Å². The first-order valence-corrected chi connectivity index (χ1v) is 6.71. The second-order valence-electron chi connectivity index (χ2n) is 5.83. The fraction of sp³-hybridized carbons (Fsp3) is 0.533. The Morgan fingerprint density at radius 1 is 1.45 bits per heavy atom. The minimum Gasteiger partial charge on any atom is -0.497 e. The molecular formula is C15H17F2NO2. The molecule has 108 valence electrons. The van der Waals surface area contributed by atoms with Gasteiger partial charge in [-0.25, -0.2) is 8.78 Å². The van der Waals surface area contributed by atoms with Crippen LogP contribution < -0.4 is 4.74 Å². The second kappa shape index (κ2) is 4.17. The first-order chi connectivity index (χ1) is 9.40. The Morgan fingerprint density at radius 3 is 2.85 bits per heavy atom. The maximum absolute atomic E-state index is 13.7. The summed E-state index contributed by atoms with van der Waals surface area (Å²) in [6.45, 7) is 2.14. The number of carbonyl (C=O) groups is 1. The zero-order chi connectivity index (χ0) is 14.5. The summed E-state index contributed by atoms with van der Waals surface area (Å²) >= 11 is 0. The molecule has 0 N–H and O–H groups in total. The molecule has 3 nitrogen and oxygen atoms in total. The Kier molecular flexibility index (Phi) is 2.78. The standard InChI is InChI=1S/C15H17F2NO2/c1-14-6-7-18(9-12(14)15(14,16)17)13(19)10-4-3-5-11(8-10)20-2/h3-5,8,12H,6-7,9H2,1-2H3/t12-,14-/m1/s1. The van der Waals surface area contributed by atoms with Crippen LogP contribution in [0.5, 0.6) is 5.75 Å². The van der Waals surface area contributed by atoms with E-state index in [9.17, 15) is 13.6 Å². The summed E-state index contributed by atoms with van der Waals surface area (Å²) in [5.74, 6) is -2.93. The molecule has 1 aromatic rings. The van der Waals surface area contributed by atoms with E-state index in [4.69, 9.17) is 4.74 Å². The molecule has 0 spiro atoms. The third kappa shape index (κ3) is 1.72. The molecule has 20 heavy (non-hydrogen) atoms. The Balaban J connectivity index is 1.76. The molecule has 1 saturated heterocycles. The van der Waals surface area contributed by atoms with Crippen LogP contribution >= 0.6 is 0 Å². The normalized spacial score (nSPS) is 30.6. The average Bonchev–Trinajstić information content (AvgIpc) is 2.91. The topological polar surface area (TPSA) is 29.5 Å². The van der Waals surface area contributed by atoms with E-state index in [1.165, 1.54) is 12.0 Å². The number of benzene rings is 1. The first-order valence-electron chi connectivity index (χ1n) is 6.71. The number of methoxy groups -OCH3 is 1. The average molecular weight is 281 g/mol. The van der Waals surface area contributed by atoms with Crippen molar-refractivity contribution >= 4 is 5.91 Å². The summed E-state index contributed by atoms with van der Waals surface area (Å²) in [6.07, 6.45) is 0.361. The smallest absolute Gasteiger partial charge is 0.259 e. The molecule has 2 aliphatic rings. The van der Waals surface area contributed by atoms with Crippen LogP contribution in [0.25, 0.3) is 0 Å². The Hall–Kier alpha value is -1.65. The molecule has 0 bridgehead atoms. The second-order valence-corrected chi connectivity index (χ2v) is 5.83. The van der Waals surface area contributed by atoms with Gasteiger partial charge in [0, 0.05) is 24.1 Å². The Morgan fingerprint density at radius 2 is 2.20 bits per heavy atom. The maximum atomic E-state index is 13.7. The van der Waals surface area contributed by atoms with Crippen LogP contribution in [0.1, 0.15) is 23.7 Å². The molecule has 0 unspecified atom stereocenters. The van der Waals surface area contributed by atoms with Gasteiger partial charge in [0.2, 0.25) is 0 Å². The number of likely N-dealkylation sites (tertiary alicyclic amines) is 1. The highest BCUT2D eigenvalue weighted by molar-refractivity contribution is 5.94. The van der Waals surface area contributed by atoms with Gasteiger partial charge in [-0.2, -0.15) is 0 Å². The molecule has 2 fully saturated rings. The third-order valence-corrected chi connectivity index (χ3v) is 4.79. The van der Waals surface area contributed by atoms with Crippen LogP contribution in [0, 0.1) is 11.3 Å². The molecule has 1 saturated carbocycles. The number of halogens is 2. The largest absolute Gasteiger partial charge is 0.497 e. The highest BCUT2D eigenvalue weighted by atomic mass is 19.3. The number of ether oxygens (including phenoxy) is 1. The molecular weight excluding hydrogens is 264 g/mol. The summed E-state index contributed by atoms with van der Waals surface area (Å²) < 4.78 is 32.5. The van der Waals surface area contributed by atoms with Crippen LogP contribution in [-0.2, 0) is 0 Å². The zero-order valence-corrected chi connectivity index (χ0v) is 11.5. The zero-order valence-electron chi connectivity index (χ0n) is 11.5. The summed E-state index contributed by atoms with van der Waals surface area (Å²) in [6, 6.07) is 6.80. The van der Waals surface area contributed by atoms with E-state index in [0.717, 1.165) is 0 Å². The molecule has 3 rings (SSSR count). The predicted octanol–water partition coefficient (Wildman–Crippen LogP) is 2.81. The van der Waals surface area contributed by atoms with Gasteiger partial charge in [-0.05, 0) is 24.6 Å². The minimum absolute atomic E-state index is 0.138. The van der Waals surface area contributed by atoms with Gasteiger partial charge in [0.15, 0.2) is 0 Å². The van der Waals surface area contributed by atoms with Gasteiger partial charge >= 0.3 is 0 Å². The van der Waals surface area contributed by atoms with E-state index in [-0.39, 0.29) is 12.5 Å². The summed E-state index contributed by atoms with van der Waals surface area (Å²) in [4.78, 5) is 13.9. The highest BCUT2D eigenvalue weighted by Crippen LogP contribution is 2.69. The van der Waals surface area contributed by atoms with E-state index >= 15 is 0 Å². The predicted molar refractivity (Wildman–Crippen MR) is 70.1 cm³/mol. The maximum Gasteiger partial charge on any atom is 0.259 e. The fourth-order valence-corrected chi connectivity index (χ4v) is 3.13. The number of nitrogens with zero attached hydrogens (tertiary/aromatic N) is 1. The minimum atomic E-state index is -2.63. The van der Waals surface area contributed by atoms with Crippen molar-refractivity contribution in [2.24, 2.45) is 11.3 Å². The van der Waals surface area contributed by atoms with Gasteiger partial charge in [0.1, 0.15) is 5.75 Å². The molecule has 5 heteroatoms. The van der Waals surface area contributed by atoms with Crippen molar-refractivity contribution in [3.05, 3.63) is 29.8 Å². The molecule has 1 aliphatic heterocycles. The first kappa shape index (κ1) is 13.3. The molecule has 0 aromatic heterocycles. The number of alkyl halides is 2. The van der Waals surface area contributed by atoms with Gasteiger partial charge in [-0.1, -0.05) is 13.0 Å². The van der Waals surface area contributed by atoms with Crippen molar-refractivity contribution in [1.82, 2.24) is 4.90 Å². The van der Waals surface area contributed by atoms with Crippen LogP contribution in [0.4, 0.5) is 8.78 Å². The van der Waals surface area contributed by atoms with E-state index in [1.807, 2.05) is 0 Å². The number of carbonyl (C=O) groups excluding carboxylic acids is 1. The summed E-state index contributed by atoms with van der Waals surface area (Å²) in [5.41, 5.74) is -0.421. The molecule has 1 aliphatic carbocycles. The van der Waals surface area contributed by atoms with E-state index in [0.29, 0.717) is 24.3 Å².